The molecule has 0 radical (unpaired) electrons. The van der Waals surface area contributed by atoms with E-state index in [1.165, 1.54) is 0 Å². The molecule has 4 rings (SSSR count). The molecule has 3 heterocycles. The molecule has 0 atom stereocenters. The molecule has 10 heteroatoms. The van der Waals surface area contributed by atoms with Gasteiger partial charge >= 0.3 is 0 Å². The standard InChI is InChI=1S/C21H24ClN7O.HI/c1-23-21(26-17-8-11-29(12-9-17)18-7-2-3-10-24-18)25-14-19-27-20(28-30-19)15-5-4-6-16(22)13-15;/h2-7,10,13,17H,8-9,11-12,14H2,1H3,(H2,23,25,26);1H. The van der Waals surface area contributed by atoms with Gasteiger partial charge in [0.25, 0.3) is 0 Å². The van der Waals surface area contributed by atoms with Crippen molar-refractivity contribution in [2.45, 2.75) is 25.4 Å². The second-order valence-electron chi connectivity index (χ2n) is 7.04. The van der Waals surface area contributed by atoms with E-state index in [4.69, 9.17) is 16.1 Å². The normalized spacial score (nSPS) is 14.8. The van der Waals surface area contributed by atoms with Crippen molar-refractivity contribution >= 4 is 47.4 Å². The summed E-state index contributed by atoms with van der Waals surface area (Å²) in [5.74, 6) is 2.75. The van der Waals surface area contributed by atoms with Gasteiger partial charge in [0.05, 0.1) is 6.54 Å². The van der Waals surface area contributed by atoms with Gasteiger partial charge in [0, 0.05) is 43.0 Å². The van der Waals surface area contributed by atoms with Crippen molar-refractivity contribution < 1.29 is 4.52 Å². The van der Waals surface area contributed by atoms with E-state index in [0.717, 1.165) is 37.3 Å². The van der Waals surface area contributed by atoms with Gasteiger partial charge in [0.1, 0.15) is 5.82 Å². The highest BCUT2D eigenvalue weighted by Gasteiger charge is 2.21. The molecule has 3 aromatic rings. The van der Waals surface area contributed by atoms with Crippen molar-refractivity contribution in [2.75, 3.05) is 25.0 Å². The summed E-state index contributed by atoms with van der Waals surface area (Å²) in [5, 5.41) is 11.4. The highest BCUT2D eigenvalue weighted by atomic mass is 127. The lowest BCUT2D eigenvalue weighted by Gasteiger charge is -2.33. The van der Waals surface area contributed by atoms with E-state index in [1.807, 2.05) is 36.5 Å². The van der Waals surface area contributed by atoms with Crippen LogP contribution in [0.25, 0.3) is 11.4 Å². The smallest absolute Gasteiger partial charge is 0.246 e. The van der Waals surface area contributed by atoms with Crippen molar-refractivity contribution in [1.29, 1.82) is 0 Å². The number of hydrogen-bond donors (Lipinski definition) is 2. The van der Waals surface area contributed by atoms with Crippen LogP contribution in [0.15, 0.2) is 58.2 Å². The number of rotatable bonds is 5. The van der Waals surface area contributed by atoms with E-state index < -0.39 is 0 Å². The summed E-state index contributed by atoms with van der Waals surface area (Å²) < 4.78 is 5.34. The van der Waals surface area contributed by atoms with Crippen molar-refractivity contribution in [3.63, 3.8) is 0 Å². The Morgan fingerprint density at radius 1 is 1.23 bits per heavy atom. The number of benzene rings is 1. The van der Waals surface area contributed by atoms with E-state index in [0.29, 0.717) is 35.3 Å². The fourth-order valence-electron chi connectivity index (χ4n) is 3.41. The molecular weight excluding hydrogens is 529 g/mol. The van der Waals surface area contributed by atoms with Crippen molar-refractivity contribution in [1.82, 2.24) is 25.8 Å². The molecule has 0 spiro atoms. The predicted molar refractivity (Wildman–Crippen MR) is 133 cm³/mol. The highest BCUT2D eigenvalue weighted by Crippen LogP contribution is 2.20. The van der Waals surface area contributed by atoms with Gasteiger partial charge in [-0.25, -0.2) is 4.98 Å². The zero-order valence-corrected chi connectivity index (χ0v) is 20.2. The number of pyridine rings is 1. The molecule has 2 N–H and O–H groups in total. The van der Waals surface area contributed by atoms with Crippen LogP contribution in [-0.4, -0.2) is 47.3 Å². The maximum Gasteiger partial charge on any atom is 0.246 e. The van der Waals surface area contributed by atoms with Crippen LogP contribution in [0, 0.1) is 0 Å². The molecule has 2 aromatic heterocycles. The molecule has 0 amide bonds. The van der Waals surface area contributed by atoms with Gasteiger partial charge in [-0.05, 0) is 37.1 Å². The van der Waals surface area contributed by atoms with Crippen LogP contribution < -0.4 is 15.5 Å². The third-order valence-electron chi connectivity index (χ3n) is 4.99. The molecule has 164 valence electrons. The van der Waals surface area contributed by atoms with Crippen LogP contribution in [0.3, 0.4) is 0 Å². The molecule has 1 fully saturated rings. The number of hydrogen-bond acceptors (Lipinski definition) is 6. The average Bonchev–Trinajstić information content (AvgIpc) is 3.27. The van der Waals surface area contributed by atoms with E-state index in [9.17, 15) is 0 Å². The molecule has 1 aliphatic heterocycles. The third kappa shape index (κ3) is 6.30. The number of guanidine groups is 1. The zero-order chi connectivity index (χ0) is 20.8. The molecule has 0 bridgehead atoms. The van der Waals surface area contributed by atoms with E-state index in [1.54, 1.807) is 13.1 Å². The van der Waals surface area contributed by atoms with Crippen LogP contribution in [-0.2, 0) is 6.54 Å². The molecule has 8 nitrogen and oxygen atoms in total. The zero-order valence-electron chi connectivity index (χ0n) is 17.2. The Morgan fingerprint density at radius 3 is 2.77 bits per heavy atom. The number of piperidine rings is 1. The fraction of sp³-hybridized carbons (Fsp3) is 0.333. The number of halogens is 2. The molecule has 1 saturated heterocycles. The quantitative estimate of drug-likeness (QED) is 0.283. The Hall–Kier alpha value is -2.40. The van der Waals surface area contributed by atoms with Gasteiger partial charge < -0.3 is 20.1 Å². The summed E-state index contributed by atoms with van der Waals surface area (Å²) in [4.78, 5) is 15.5. The molecule has 1 aliphatic rings. The fourth-order valence-corrected chi connectivity index (χ4v) is 3.60. The lowest BCUT2D eigenvalue weighted by atomic mass is 10.1. The number of nitrogens with one attached hydrogen (secondary N) is 2. The first-order valence-corrected chi connectivity index (χ1v) is 10.3. The lowest BCUT2D eigenvalue weighted by molar-refractivity contribution is 0.374. The van der Waals surface area contributed by atoms with E-state index >= 15 is 0 Å². The summed E-state index contributed by atoms with van der Waals surface area (Å²) in [6, 6.07) is 13.7. The minimum atomic E-state index is 0. The summed E-state index contributed by atoms with van der Waals surface area (Å²) >= 11 is 6.03. The lowest BCUT2D eigenvalue weighted by Crippen LogP contribution is -2.48. The largest absolute Gasteiger partial charge is 0.356 e. The first kappa shape index (κ1) is 23.3. The number of anilines is 1. The summed E-state index contributed by atoms with van der Waals surface area (Å²) in [6.45, 7) is 2.30. The SMILES string of the molecule is CN=C(NCc1nc(-c2cccc(Cl)c2)no1)NC1CCN(c2ccccn2)CC1.I. The minimum absolute atomic E-state index is 0. The minimum Gasteiger partial charge on any atom is -0.356 e. The van der Waals surface area contributed by atoms with Crippen LogP contribution >= 0.6 is 35.6 Å². The Morgan fingerprint density at radius 2 is 2.06 bits per heavy atom. The van der Waals surface area contributed by atoms with Crippen LogP contribution in [0.2, 0.25) is 5.02 Å². The van der Waals surface area contributed by atoms with E-state index in [2.05, 4.69) is 41.7 Å². The second-order valence-corrected chi connectivity index (χ2v) is 7.48. The maximum atomic E-state index is 6.03. The van der Waals surface area contributed by atoms with Crippen molar-refractivity contribution in [2.24, 2.45) is 4.99 Å². The third-order valence-corrected chi connectivity index (χ3v) is 5.23. The number of nitrogens with zero attached hydrogens (tertiary/aromatic N) is 5. The predicted octanol–water partition coefficient (Wildman–Crippen LogP) is 3.74. The summed E-state index contributed by atoms with van der Waals surface area (Å²) in [7, 11) is 1.75. The van der Waals surface area contributed by atoms with Crippen LogP contribution in [0.5, 0.6) is 0 Å². The van der Waals surface area contributed by atoms with Gasteiger partial charge in [-0.15, -0.1) is 24.0 Å². The molecule has 0 saturated carbocycles. The van der Waals surface area contributed by atoms with Crippen LogP contribution in [0.1, 0.15) is 18.7 Å². The van der Waals surface area contributed by atoms with Crippen molar-refractivity contribution in [3.05, 3.63) is 59.6 Å². The first-order valence-electron chi connectivity index (χ1n) is 9.93. The molecule has 1 aromatic carbocycles. The van der Waals surface area contributed by atoms with Gasteiger partial charge in [-0.1, -0.05) is 35.0 Å². The summed E-state index contributed by atoms with van der Waals surface area (Å²) in [5.41, 5.74) is 0.819. The van der Waals surface area contributed by atoms with E-state index in [-0.39, 0.29) is 24.0 Å². The number of aliphatic imine (C=N–C) groups is 1. The van der Waals surface area contributed by atoms with Gasteiger partial charge in [0.15, 0.2) is 5.96 Å². The Bertz CT molecular complexity index is 990. The molecule has 0 aliphatic carbocycles. The summed E-state index contributed by atoms with van der Waals surface area (Å²) in [6.07, 6.45) is 3.86. The Kier molecular flexibility index (Phi) is 8.47. The Balaban J connectivity index is 0.00000272. The van der Waals surface area contributed by atoms with Crippen molar-refractivity contribution in [3.8, 4) is 11.4 Å². The van der Waals surface area contributed by atoms with Gasteiger partial charge in [-0.3, -0.25) is 4.99 Å². The second kappa shape index (κ2) is 11.3. The highest BCUT2D eigenvalue weighted by molar-refractivity contribution is 14.0. The molecule has 0 unspecified atom stereocenters. The molecular formula is C21H25ClIN7O. The average molecular weight is 554 g/mol. The topological polar surface area (TPSA) is 91.5 Å². The Labute approximate surface area is 203 Å². The van der Waals surface area contributed by atoms with Gasteiger partial charge in [0.2, 0.25) is 11.7 Å². The van der Waals surface area contributed by atoms with Gasteiger partial charge in [-0.2, -0.15) is 4.98 Å². The monoisotopic (exact) mass is 553 g/mol. The first-order chi connectivity index (χ1) is 14.7. The molecule has 31 heavy (non-hydrogen) atoms. The number of aromatic nitrogens is 3. The van der Waals surface area contributed by atoms with Crippen LogP contribution in [0.4, 0.5) is 5.82 Å². The maximum absolute atomic E-state index is 6.03.